The van der Waals surface area contributed by atoms with E-state index < -0.39 is 10.7 Å². The number of nitro benzene ring substituents is 1. The molecule has 22 heavy (non-hydrogen) atoms. The van der Waals surface area contributed by atoms with Gasteiger partial charge in [-0.15, -0.1) is 0 Å². The smallest absolute Gasteiger partial charge is 0.277 e. The highest BCUT2D eigenvalue weighted by molar-refractivity contribution is 6.32. The van der Waals surface area contributed by atoms with Crippen LogP contribution in [0.15, 0.2) is 54.7 Å². The van der Waals surface area contributed by atoms with Gasteiger partial charge < -0.3 is 4.57 Å². The zero-order valence-corrected chi connectivity index (χ0v) is 11.3. The van der Waals surface area contributed by atoms with Crippen LogP contribution in [0.5, 0.6) is 0 Å². The molecule has 0 amide bonds. The molecule has 108 valence electrons. The zero-order valence-electron chi connectivity index (χ0n) is 11.3. The van der Waals surface area contributed by atoms with E-state index in [2.05, 4.69) is 0 Å². The Bertz CT molecular complexity index is 911. The number of aldehydes is 1. The summed E-state index contributed by atoms with van der Waals surface area (Å²) >= 11 is 0. The predicted molar refractivity (Wildman–Crippen MR) is 80.3 cm³/mol. The first-order valence-corrected chi connectivity index (χ1v) is 6.47. The van der Waals surface area contributed by atoms with Crippen molar-refractivity contribution in [1.29, 1.82) is 0 Å². The SMILES string of the molecule is O=CC(=O)c1cccn1-c1ccc([N+](=O)[O-])c2ccccc12. The van der Waals surface area contributed by atoms with Crippen molar-refractivity contribution in [3.05, 3.63) is 70.5 Å². The van der Waals surface area contributed by atoms with Crippen LogP contribution < -0.4 is 0 Å². The first-order chi connectivity index (χ1) is 10.6. The third-order valence-corrected chi connectivity index (χ3v) is 3.44. The summed E-state index contributed by atoms with van der Waals surface area (Å²) in [5, 5.41) is 12.2. The van der Waals surface area contributed by atoms with E-state index >= 15 is 0 Å². The molecule has 2 aromatic carbocycles. The standard InChI is InChI=1S/C16H10N2O4/c19-10-16(20)15-6-3-9-17(15)13-7-8-14(18(21)22)12-5-2-1-4-11(12)13/h1-10H. The molecule has 0 saturated heterocycles. The number of hydrogen-bond donors (Lipinski definition) is 0. The third kappa shape index (κ3) is 2.07. The van der Waals surface area contributed by atoms with Crippen LogP contribution in [0.1, 0.15) is 10.5 Å². The predicted octanol–water partition coefficient (Wildman–Crippen LogP) is 2.92. The van der Waals surface area contributed by atoms with Crippen LogP contribution in [0.3, 0.4) is 0 Å². The zero-order chi connectivity index (χ0) is 15.7. The van der Waals surface area contributed by atoms with Gasteiger partial charge in [-0.2, -0.15) is 0 Å². The van der Waals surface area contributed by atoms with Crippen LogP contribution in [0.4, 0.5) is 5.69 Å². The average Bonchev–Trinajstić information content (AvgIpc) is 3.02. The molecule has 3 aromatic rings. The first kappa shape index (κ1) is 13.7. The first-order valence-electron chi connectivity index (χ1n) is 6.47. The van der Waals surface area contributed by atoms with E-state index in [0.717, 1.165) is 0 Å². The second-order valence-corrected chi connectivity index (χ2v) is 4.65. The van der Waals surface area contributed by atoms with Gasteiger partial charge >= 0.3 is 0 Å². The molecule has 0 aliphatic heterocycles. The highest BCUT2D eigenvalue weighted by atomic mass is 16.6. The molecule has 6 nitrogen and oxygen atoms in total. The number of nitrogens with zero attached hydrogens (tertiary/aromatic N) is 2. The lowest BCUT2D eigenvalue weighted by atomic mass is 10.1. The van der Waals surface area contributed by atoms with Crippen molar-refractivity contribution in [3.8, 4) is 5.69 Å². The summed E-state index contributed by atoms with van der Waals surface area (Å²) in [7, 11) is 0. The topological polar surface area (TPSA) is 82.2 Å². The molecule has 0 saturated carbocycles. The van der Waals surface area contributed by atoms with Gasteiger partial charge in [0.25, 0.3) is 5.69 Å². The molecule has 0 bridgehead atoms. The Kier molecular flexibility index (Phi) is 3.27. The van der Waals surface area contributed by atoms with Gasteiger partial charge in [-0.1, -0.05) is 18.2 Å². The Morgan fingerprint density at radius 3 is 2.45 bits per heavy atom. The summed E-state index contributed by atoms with van der Waals surface area (Å²) < 4.78 is 1.56. The van der Waals surface area contributed by atoms with E-state index in [4.69, 9.17) is 0 Å². The number of rotatable bonds is 4. The number of carbonyl (C=O) groups excluding carboxylic acids is 2. The van der Waals surface area contributed by atoms with Gasteiger partial charge in [0.15, 0.2) is 6.29 Å². The van der Waals surface area contributed by atoms with E-state index in [1.54, 1.807) is 47.2 Å². The fourth-order valence-electron chi connectivity index (χ4n) is 2.49. The second kappa shape index (κ2) is 5.25. The lowest BCUT2D eigenvalue weighted by Crippen LogP contribution is -2.08. The normalized spacial score (nSPS) is 10.5. The van der Waals surface area contributed by atoms with Crippen LogP contribution in [0.2, 0.25) is 0 Å². The van der Waals surface area contributed by atoms with Crippen molar-refractivity contribution < 1.29 is 14.5 Å². The maximum Gasteiger partial charge on any atom is 0.277 e. The Morgan fingerprint density at radius 1 is 1.05 bits per heavy atom. The highest BCUT2D eigenvalue weighted by Crippen LogP contribution is 2.31. The second-order valence-electron chi connectivity index (χ2n) is 4.65. The van der Waals surface area contributed by atoms with Crippen LogP contribution >= 0.6 is 0 Å². The molecule has 6 heteroatoms. The number of nitro groups is 1. The molecule has 0 N–H and O–H groups in total. The van der Waals surface area contributed by atoms with E-state index in [9.17, 15) is 19.7 Å². The van der Waals surface area contributed by atoms with Crippen molar-refractivity contribution in [2.45, 2.75) is 0 Å². The van der Waals surface area contributed by atoms with Gasteiger partial charge in [0, 0.05) is 17.6 Å². The number of benzene rings is 2. The fraction of sp³-hybridized carbons (Fsp3) is 0. The molecule has 0 spiro atoms. The summed E-state index contributed by atoms with van der Waals surface area (Å²) in [5.74, 6) is -0.646. The molecule has 0 radical (unpaired) electrons. The molecular weight excluding hydrogens is 284 g/mol. The molecule has 1 aromatic heterocycles. The van der Waals surface area contributed by atoms with Crippen molar-refractivity contribution in [3.63, 3.8) is 0 Å². The summed E-state index contributed by atoms with van der Waals surface area (Å²) in [4.78, 5) is 33.1. The van der Waals surface area contributed by atoms with E-state index in [-0.39, 0.29) is 17.7 Å². The maximum absolute atomic E-state index is 11.7. The number of aromatic nitrogens is 1. The number of non-ortho nitro benzene ring substituents is 1. The summed E-state index contributed by atoms with van der Waals surface area (Å²) in [5.41, 5.74) is 0.820. The van der Waals surface area contributed by atoms with E-state index in [0.29, 0.717) is 16.5 Å². The highest BCUT2D eigenvalue weighted by Gasteiger charge is 2.17. The molecule has 1 heterocycles. The van der Waals surface area contributed by atoms with Gasteiger partial charge in [0.05, 0.1) is 21.7 Å². The average molecular weight is 294 g/mol. The molecule has 0 aliphatic carbocycles. The van der Waals surface area contributed by atoms with Crippen LogP contribution in [-0.4, -0.2) is 21.6 Å². The van der Waals surface area contributed by atoms with Crippen molar-refractivity contribution in [2.75, 3.05) is 0 Å². The lowest BCUT2D eigenvalue weighted by molar-refractivity contribution is -0.383. The van der Waals surface area contributed by atoms with Gasteiger partial charge in [-0.05, 0) is 24.3 Å². The van der Waals surface area contributed by atoms with Crippen molar-refractivity contribution in [1.82, 2.24) is 4.57 Å². The summed E-state index contributed by atoms with van der Waals surface area (Å²) in [6, 6.07) is 13.0. The van der Waals surface area contributed by atoms with Gasteiger partial charge in [0.1, 0.15) is 0 Å². The largest absolute Gasteiger partial charge is 0.313 e. The number of fused-ring (bicyclic) bond motifs is 1. The minimum Gasteiger partial charge on any atom is -0.313 e. The molecular formula is C16H10N2O4. The number of ketones is 1. The lowest BCUT2D eigenvalue weighted by Gasteiger charge is -2.10. The van der Waals surface area contributed by atoms with Crippen LogP contribution in [-0.2, 0) is 4.79 Å². The Morgan fingerprint density at radius 2 is 1.77 bits per heavy atom. The third-order valence-electron chi connectivity index (χ3n) is 3.44. The van der Waals surface area contributed by atoms with Gasteiger partial charge in [-0.25, -0.2) is 0 Å². The maximum atomic E-state index is 11.7. The molecule has 3 rings (SSSR count). The number of Topliss-reactive ketones (excluding diaryl/α,β-unsaturated/α-hetero) is 1. The molecule has 0 unspecified atom stereocenters. The van der Waals surface area contributed by atoms with Gasteiger partial charge in [-0.3, -0.25) is 19.7 Å². The van der Waals surface area contributed by atoms with E-state index in [1.807, 2.05) is 0 Å². The Labute approximate surface area is 124 Å². The minimum atomic E-state index is -0.646. The Hall–Kier alpha value is -3.28. The van der Waals surface area contributed by atoms with Gasteiger partial charge in [0.2, 0.25) is 5.78 Å². The number of carbonyl (C=O) groups is 2. The van der Waals surface area contributed by atoms with Crippen LogP contribution in [0, 0.1) is 10.1 Å². The molecule has 0 atom stereocenters. The van der Waals surface area contributed by atoms with Crippen molar-refractivity contribution in [2.24, 2.45) is 0 Å². The Balaban J connectivity index is 2.32. The quantitative estimate of drug-likeness (QED) is 0.243. The molecule has 0 aliphatic rings. The minimum absolute atomic E-state index is 0.00484. The van der Waals surface area contributed by atoms with E-state index in [1.165, 1.54) is 12.1 Å². The molecule has 0 fully saturated rings. The van der Waals surface area contributed by atoms with Crippen LogP contribution in [0.25, 0.3) is 16.5 Å². The summed E-state index contributed by atoms with van der Waals surface area (Å²) in [6.45, 7) is 0. The monoisotopic (exact) mass is 294 g/mol. The van der Waals surface area contributed by atoms with Crippen molar-refractivity contribution >= 4 is 28.5 Å². The fourth-order valence-corrected chi connectivity index (χ4v) is 2.49. The summed E-state index contributed by atoms with van der Waals surface area (Å²) in [6.07, 6.45) is 1.89. The number of hydrogen-bond acceptors (Lipinski definition) is 4.